The van der Waals surface area contributed by atoms with Gasteiger partial charge in [-0.3, -0.25) is 9.59 Å². The van der Waals surface area contributed by atoms with Crippen molar-refractivity contribution in [3.63, 3.8) is 0 Å². The van der Waals surface area contributed by atoms with Crippen molar-refractivity contribution in [2.75, 3.05) is 0 Å². The van der Waals surface area contributed by atoms with E-state index in [9.17, 15) is 9.59 Å². The van der Waals surface area contributed by atoms with Crippen molar-refractivity contribution < 1.29 is 14.3 Å². The van der Waals surface area contributed by atoms with Crippen molar-refractivity contribution in [1.29, 1.82) is 0 Å². The van der Waals surface area contributed by atoms with Crippen LogP contribution in [0.5, 0.6) is 0 Å². The standard InChI is InChI=1S/C20H16O3/c1-19-11-7-3-5-9-13(11)20(2,14-10-6-4-8-12(14)19)16-15(19)17(21)23-18(16)22/h3-10,15-16H,1-2H3/t15-,16-,19?,20?/m0/s1. The minimum atomic E-state index is -0.515. The molecular formula is C20H16O3. The minimum Gasteiger partial charge on any atom is -0.393 e. The van der Waals surface area contributed by atoms with Gasteiger partial charge in [0.15, 0.2) is 0 Å². The van der Waals surface area contributed by atoms with Crippen LogP contribution in [-0.4, -0.2) is 11.9 Å². The van der Waals surface area contributed by atoms with Gasteiger partial charge in [-0.25, -0.2) is 0 Å². The Balaban J connectivity index is 1.99. The molecule has 0 radical (unpaired) electrons. The second-order valence-electron chi connectivity index (χ2n) is 7.19. The van der Waals surface area contributed by atoms with Gasteiger partial charge in [-0.05, 0) is 22.3 Å². The highest BCUT2D eigenvalue weighted by molar-refractivity contribution is 6.01. The first kappa shape index (κ1) is 13.1. The lowest BCUT2D eigenvalue weighted by Gasteiger charge is -2.57. The van der Waals surface area contributed by atoms with Crippen molar-refractivity contribution in [3.05, 3.63) is 70.8 Å². The smallest absolute Gasteiger partial charge is 0.318 e. The van der Waals surface area contributed by atoms with Gasteiger partial charge in [0.1, 0.15) is 0 Å². The number of hydrogen-bond donors (Lipinski definition) is 0. The average Bonchev–Trinajstić information content (AvgIpc) is 2.88. The van der Waals surface area contributed by atoms with Gasteiger partial charge in [-0.15, -0.1) is 0 Å². The molecule has 0 spiro atoms. The van der Waals surface area contributed by atoms with Gasteiger partial charge < -0.3 is 4.74 Å². The summed E-state index contributed by atoms with van der Waals surface area (Å²) < 4.78 is 5.10. The van der Waals surface area contributed by atoms with E-state index in [1.54, 1.807) is 0 Å². The molecular weight excluding hydrogens is 288 g/mol. The van der Waals surface area contributed by atoms with Crippen LogP contribution >= 0.6 is 0 Å². The van der Waals surface area contributed by atoms with E-state index in [0.29, 0.717) is 0 Å². The summed E-state index contributed by atoms with van der Waals surface area (Å²) in [6.07, 6.45) is 0. The fourth-order valence-corrected chi connectivity index (χ4v) is 5.37. The molecule has 2 aromatic rings. The molecule has 114 valence electrons. The van der Waals surface area contributed by atoms with Gasteiger partial charge in [0.25, 0.3) is 0 Å². The number of ether oxygens (including phenoxy) is 1. The largest absolute Gasteiger partial charge is 0.393 e. The molecule has 0 aromatic heterocycles. The van der Waals surface area contributed by atoms with Crippen molar-refractivity contribution >= 4 is 11.9 Å². The number of benzene rings is 2. The maximum absolute atomic E-state index is 12.5. The highest BCUT2D eigenvalue weighted by Crippen LogP contribution is 2.65. The molecule has 6 rings (SSSR count). The topological polar surface area (TPSA) is 43.4 Å². The third kappa shape index (κ3) is 1.18. The van der Waals surface area contributed by atoms with Crippen molar-refractivity contribution in [2.45, 2.75) is 24.7 Å². The molecule has 0 amide bonds. The van der Waals surface area contributed by atoms with Crippen molar-refractivity contribution in [3.8, 4) is 0 Å². The highest BCUT2D eigenvalue weighted by Gasteiger charge is 2.70. The summed E-state index contributed by atoms with van der Waals surface area (Å²) >= 11 is 0. The van der Waals surface area contributed by atoms with Crippen LogP contribution in [-0.2, 0) is 25.2 Å². The third-order valence-electron chi connectivity index (χ3n) is 6.38. The van der Waals surface area contributed by atoms with Crippen LogP contribution < -0.4 is 0 Å². The molecule has 0 saturated carbocycles. The van der Waals surface area contributed by atoms with Gasteiger partial charge >= 0.3 is 11.9 Å². The molecule has 0 unspecified atom stereocenters. The maximum Gasteiger partial charge on any atom is 0.318 e. The van der Waals surface area contributed by atoms with Gasteiger partial charge in [-0.2, -0.15) is 0 Å². The lowest BCUT2D eigenvalue weighted by Crippen LogP contribution is -2.59. The Kier molecular flexibility index (Phi) is 2.12. The van der Waals surface area contributed by atoms with Gasteiger partial charge in [-0.1, -0.05) is 62.4 Å². The summed E-state index contributed by atoms with van der Waals surface area (Å²) in [4.78, 5) is 25.1. The Hall–Kier alpha value is -2.42. The van der Waals surface area contributed by atoms with E-state index < -0.39 is 22.7 Å². The molecule has 4 aliphatic rings. The maximum atomic E-state index is 12.5. The third-order valence-corrected chi connectivity index (χ3v) is 6.38. The Morgan fingerprint density at radius 2 is 1.00 bits per heavy atom. The molecule has 2 atom stereocenters. The molecule has 23 heavy (non-hydrogen) atoms. The average molecular weight is 304 g/mol. The summed E-state index contributed by atoms with van der Waals surface area (Å²) in [7, 11) is 0. The Morgan fingerprint density at radius 3 is 1.30 bits per heavy atom. The van der Waals surface area contributed by atoms with E-state index >= 15 is 0 Å². The van der Waals surface area contributed by atoms with E-state index in [4.69, 9.17) is 4.74 Å². The molecule has 1 saturated heterocycles. The zero-order valence-corrected chi connectivity index (χ0v) is 13.0. The monoisotopic (exact) mass is 304 g/mol. The zero-order chi connectivity index (χ0) is 16.0. The molecule has 0 N–H and O–H groups in total. The van der Waals surface area contributed by atoms with E-state index in [-0.39, 0.29) is 11.9 Å². The van der Waals surface area contributed by atoms with Crippen LogP contribution in [0, 0.1) is 11.8 Å². The minimum absolute atomic E-state index is 0.377. The summed E-state index contributed by atoms with van der Waals surface area (Å²) in [5.74, 6) is -1.63. The second-order valence-corrected chi connectivity index (χ2v) is 7.19. The number of cyclic esters (lactones) is 2. The number of hydrogen-bond acceptors (Lipinski definition) is 3. The van der Waals surface area contributed by atoms with Crippen LogP contribution in [0.4, 0.5) is 0 Å². The second kappa shape index (κ2) is 3.73. The highest BCUT2D eigenvalue weighted by atomic mass is 16.6. The first-order chi connectivity index (χ1) is 11.0. The van der Waals surface area contributed by atoms with Crippen LogP contribution in [0.15, 0.2) is 48.5 Å². The Bertz CT molecular complexity index is 776. The number of carbonyl (C=O) groups excluding carboxylic acids is 2. The van der Waals surface area contributed by atoms with E-state index in [2.05, 4.69) is 38.1 Å². The van der Waals surface area contributed by atoms with E-state index in [0.717, 1.165) is 22.3 Å². The number of rotatable bonds is 0. The summed E-state index contributed by atoms with van der Waals surface area (Å²) in [6.45, 7) is 4.17. The van der Waals surface area contributed by atoms with Gasteiger partial charge in [0.05, 0.1) is 11.8 Å². The quantitative estimate of drug-likeness (QED) is 0.555. The molecule has 2 aromatic carbocycles. The molecule has 1 aliphatic heterocycles. The molecule has 3 aliphatic carbocycles. The molecule has 3 nitrogen and oxygen atoms in total. The normalized spacial score (nSPS) is 36.3. The molecule has 1 fully saturated rings. The van der Waals surface area contributed by atoms with Gasteiger partial charge in [0, 0.05) is 10.8 Å². The van der Waals surface area contributed by atoms with Gasteiger partial charge in [0.2, 0.25) is 0 Å². The SMILES string of the molecule is CC12c3ccccc3C(C)(c3ccccc31)[C@@H]1C(=O)OC(=O)[C@H]12. The summed E-state index contributed by atoms with van der Waals surface area (Å²) in [5, 5.41) is 0. The zero-order valence-electron chi connectivity index (χ0n) is 13.0. The van der Waals surface area contributed by atoms with Crippen LogP contribution in [0.3, 0.4) is 0 Å². The van der Waals surface area contributed by atoms with Crippen molar-refractivity contribution in [1.82, 2.24) is 0 Å². The molecule has 3 heteroatoms. The Labute approximate surface area is 134 Å². The summed E-state index contributed by atoms with van der Waals surface area (Å²) in [5.41, 5.74) is 3.56. The lowest BCUT2D eigenvalue weighted by molar-refractivity contribution is -0.154. The molecule has 2 bridgehead atoms. The fourth-order valence-electron chi connectivity index (χ4n) is 5.37. The number of carbonyl (C=O) groups is 2. The first-order valence-corrected chi connectivity index (χ1v) is 7.96. The van der Waals surface area contributed by atoms with Crippen LogP contribution in [0.1, 0.15) is 36.1 Å². The van der Waals surface area contributed by atoms with E-state index in [1.807, 2.05) is 24.3 Å². The van der Waals surface area contributed by atoms with Crippen LogP contribution in [0.25, 0.3) is 0 Å². The van der Waals surface area contributed by atoms with E-state index in [1.165, 1.54) is 0 Å². The Morgan fingerprint density at radius 1 is 0.696 bits per heavy atom. The first-order valence-electron chi connectivity index (χ1n) is 7.96. The van der Waals surface area contributed by atoms with Crippen molar-refractivity contribution in [2.24, 2.45) is 11.8 Å². The predicted octanol–water partition coefficient (Wildman–Crippen LogP) is 2.94. The lowest BCUT2D eigenvalue weighted by atomic mass is 9.42. The summed E-state index contributed by atoms with van der Waals surface area (Å²) in [6, 6.07) is 16.4. The van der Waals surface area contributed by atoms with Crippen LogP contribution in [0.2, 0.25) is 0 Å². The fraction of sp³-hybridized carbons (Fsp3) is 0.300. The molecule has 1 heterocycles. The number of esters is 2. The predicted molar refractivity (Wildman–Crippen MR) is 83.9 cm³/mol.